The fourth-order valence-corrected chi connectivity index (χ4v) is 2.99. The van der Waals surface area contributed by atoms with Crippen LogP contribution in [0.15, 0.2) is 54.6 Å². The Bertz CT molecular complexity index is 647. The first-order chi connectivity index (χ1) is 10.5. The van der Waals surface area contributed by atoms with Crippen LogP contribution in [0.4, 0.5) is 4.79 Å². The van der Waals surface area contributed by atoms with Crippen LogP contribution in [0.2, 0.25) is 5.02 Å². The van der Waals surface area contributed by atoms with E-state index in [1.165, 1.54) is 0 Å². The molecule has 4 nitrogen and oxygen atoms in total. The molecule has 0 bridgehead atoms. The molecule has 0 spiro atoms. The molecule has 2 aromatic carbocycles. The van der Waals surface area contributed by atoms with E-state index in [2.05, 4.69) is 5.32 Å². The molecule has 0 aliphatic heterocycles. The quantitative estimate of drug-likeness (QED) is 0.788. The molecule has 0 aliphatic carbocycles. The summed E-state index contributed by atoms with van der Waals surface area (Å²) in [7, 11) is 0. The van der Waals surface area contributed by atoms with Gasteiger partial charge in [-0.25, -0.2) is 4.79 Å². The van der Waals surface area contributed by atoms with E-state index in [1.807, 2.05) is 6.07 Å². The second kappa shape index (κ2) is 6.81. The minimum atomic E-state index is -1.32. The molecule has 2 aromatic rings. The zero-order valence-electron chi connectivity index (χ0n) is 12.2. The first-order valence-corrected chi connectivity index (χ1v) is 7.39. The van der Waals surface area contributed by atoms with E-state index >= 15 is 0 Å². The van der Waals surface area contributed by atoms with Crippen molar-refractivity contribution in [3.63, 3.8) is 0 Å². The van der Waals surface area contributed by atoms with Crippen molar-refractivity contribution < 1.29 is 15.0 Å². The summed E-state index contributed by atoms with van der Waals surface area (Å²) in [5.41, 5.74) is -0.153. The molecule has 0 saturated carbocycles. The number of carboxylic acid groups (broad SMARTS) is 1. The van der Waals surface area contributed by atoms with Gasteiger partial charge in [-0.1, -0.05) is 67.1 Å². The molecule has 3 N–H and O–H groups in total. The highest BCUT2D eigenvalue weighted by Gasteiger charge is 2.43. The largest absolute Gasteiger partial charge is 0.465 e. The number of hydrogen-bond acceptors (Lipinski definition) is 2. The van der Waals surface area contributed by atoms with Gasteiger partial charge in [0, 0.05) is 10.6 Å². The van der Waals surface area contributed by atoms with Gasteiger partial charge in [-0.3, -0.25) is 0 Å². The number of halogens is 1. The van der Waals surface area contributed by atoms with Crippen LogP contribution in [0.5, 0.6) is 0 Å². The van der Waals surface area contributed by atoms with Crippen LogP contribution in [0.25, 0.3) is 0 Å². The molecule has 22 heavy (non-hydrogen) atoms. The highest BCUT2D eigenvalue weighted by atomic mass is 35.5. The van der Waals surface area contributed by atoms with Crippen LogP contribution in [-0.4, -0.2) is 22.4 Å². The van der Waals surface area contributed by atoms with E-state index in [0.29, 0.717) is 22.6 Å². The second-order valence-corrected chi connectivity index (χ2v) is 5.42. The molecule has 2 atom stereocenters. The molecular weight excluding hydrogens is 302 g/mol. The lowest BCUT2D eigenvalue weighted by Gasteiger charge is -2.39. The Balaban J connectivity index is 2.76. The van der Waals surface area contributed by atoms with Crippen molar-refractivity contribution in [3.05, 3.63) is 70.7 Å². The van der Waals surface area contributed by atoms with E-state index in [4.69, 9.17) is 11.6 Å². The molecule has 0 fully saturated rings. The number of nitrogens with one attached hydrogen (secondary N) is 1. The lowest BCUT2D eigenvalue weighted by atomic mass is 9.77. The lowest BCUT2D eigenvalue weighted by Crippen LogP contribution is -2.54. The zero-order chi connectivity index (χ0) is 16.2. The fraction of sp³-hybridized carbons (Fsp3) is 0.235. The van der Waals surface area contributed by atoms with Gasteiger partial charge >= 0.3 is 6.09 Å². The predicted molar refractivity (Wildman–Crippen MR) is 86.1 cm³/mol. The summed E-state index contributed by atoms with van der Waals surface area (Å²) in [6.45, 7) is 1.79. The molecule has 0 aliphatic rings. The minimum Gasteiger partial charge on any atom is -0.465 e. The molecule has 2 unspecified atom stereocenters. The van der Waals surface area contributed by atoms with E-state index in [1.54, 1.807) is 55.5 Å². The summed E-state index contributed by atoms with van der Waals surface area (Å²) in [5.74, 6) is 0. The average molecular weight is 320 g/mol. The highest BCUT2D eigenvalue weighted by molar-refractivity contribution is 6.31. The van der Waals surface area contributed by atoms with Gasteiger partial charge in [-0.05, 0) is 18.1 Å². The van der Waals surface area contributed by atoms with Crippen molar-refractivity contribution in [2.24, 2.45) is 0 Å². The average Bonchev–Trinajstić information content (AvgIpc) is 2.53. The van der Waals surface area contributed by atoms with Gasteiger partial charge in [-0.2, -0.15) is 0 Å². The van der Waals surface area contributed by atoms with Crippen molar-refractivity contribution in [1.29, 1.82) is 0 Å². The van der Waals surface area contributed by atoms with Gasteiger partial charge in [0.05, 0.1) is 6.10 Å². The van der Waals surface area contributed by atoms with Crippen LogP contribution in [0.1, 0.15) is 24.5 Å². The zero-order valence-corrected chi connectivity index (χ0v) is 12.9. The van der Waals surface area contributed by atoms with E-state index in [0.717, 1.165) is 0 Å². The molecule has 2 rings (SSSR count). The van der Waals surface area contributed by atoms with Gasteiger partial charge in [0.1, 0.15) is 5.54 Å². The third kappa shape index (κ3) is 2.93. The molecule has 0 heterocycles. The van der Waals surface area contributed by atoms with Gasteiger partial charge in [-0.15, -0.1) is 0 Å². The molecule has 116 valence electrons. The molecule has 0 radical (unpaired) electrons. The highest BCUT2D eigenvalue weighted by Crippen LogP contribution is 2.38. The second-order valence-electron chi connectivity index (χ2n) is 5.01. The number of rotatable bonds is 5. The smallest absolute Gasteiger partial charge is 0.405 e. The molecule has 5 heteroatoms. The number of amides is 1. The predicted octanol–water partition coefficient (Wildman–Crippen LogP) is 3.62. The summed E-state index contributed by atoms with van der Waals surface area (Å²) in [6.07, 6.45) is -1.83. The van der Waals surface area contributed by atoms with Crippen LogP contribution in [-0.2, 0) is 5.54 Å². The molecule has 0 saturated heterocycles. The third-order valence-electron chi connectivity index (χ3n) is 3.72. The van der Waals surface area contributed by atoms with Gasteiger partial charge in [0.25, 0.3) is 0 Å². The summed E-state index contributed by atoms with van der Waals surface area (Å²) >= 11 is 6.30. The first-order valence-electron chi connectivity index (χ1n) is 7.02. The van der Waals surface area contributed by atoms with Gasteiger partial charge in [0.15, 0.2) is 0 Å². The maximum Gasteiger partial charge on any atom is 0.405 e. The summed E-state index contributed by atoms with van der Waals surface area (Å²) in [4.78, 5) is 11.4. The maximum atomic E-state index is 11.4. The number of hydrogen-bond donors (Lipinski definition) is 3. The summed E-state index contributed by atoms with van der Waals surface area (Å²) in [6, 6.07) is 15.9. The Morgan fingerprint density at radius 2 is 1.77 bits per heavy atom. The standard InChI is InChI=1S/C17H18ClNO3/c1-2-15(20)17(19-16(21)22,12-8-4-3-5-9-12)13-10-6-7-11-14(13)18/h3-11,15,19-20H,2H2,1H3,(H,21,22). The van der Waals surface area contributed by atoms with Gasteiger partial charge in [0.2, 0.25) is 0 Å². The molecule has 0 aromatic heterocycles. The Hall–Kier alpha value is -2.04. The van der Waals surface area contributed by atoms with Crippen LogP contribution >= 0.6 is 11.6 Å². The van der Waals surface area contributed by atoms with Crippen molar-refractivity contribution >= 4 is 17.7 Å². The maximum absolute atomic E-state index is 11.4. The Morgan fingerprint density at radius 3 is 2.32 bits per heavy atom. The third-order valence-corrected chi connectivity index (χ3v) is 4.05. The Morgan fingerprint density at radius 1 is 1.18 bits per heavy atom. The summed E-state index contributed by atoms with van der Waals surface area (Å²) < 4.78 is 0. The Labute approximate surface area is 134 Å². The number of aliphatic hydroxyl groups is 1. The van der Waals surface area contributed by atoms with E-state index in [9.17, 15) is 15.0 Å². The minimum absolute atomic E-state index is 0.362. The number of aliphatic hydroxyl groups excluding tert-OH is 1. The SMILES string of the molecule is CCC(O)C(NC(=O)O)(c1ccccc1)c1ccccc1Cl. The van der Waals surface area contributed by atoms with Crippen molar-refractivity contribution in [2.75, 3.05) is 0 Å². The van der Waals surface area contributed by atoms with Crippen molar-refractivity contribution in [3.8, 4) is 0 Å². The lowest BCUT2D eigenvalue weighted by molar-refractivity contribution is 0.0751. The topological polar surface area (TPSA) is 69.6 Å². The normalized spacial score (nSPS) is 14.9. The van der Waals surface area contributed by atoms with Crippen molar-refractivity contribution in [1.82, 2.24) is 5.32 Å². The van der Waals surface area contributed by atoms with Crippen LogP contribution in [0, 0.1) is 0 Å². The van der Waals surface area contributed by atoms with Crippen molar-refractivity contribution in [2.45, 2.75) is 25.0 Å². The fourth-order valence-electron chi connectivity index (χ4n) is 2.71. The Kier molecular flexibility index (Phi) is 5.06. The van der Waals surface area contributed by atoms with Crippen LogP contribution in [0.3, 0.4) is 0 Å². The first kappa shape index (κ1) is 16.3. The monoisotopic (exact) mass is 319 g/mol. The summed E-state index contributed by atoms with van der Waals surface area (Å²) in [5, 5.41) is 22.9. The number of benzene rings is 2. The molecule has 1 amide bonds. The van der Waals surface area contributed by atoms with Gasteiger partial charge < -0.3 is 15.5 Å². The molecular formula is C17H18ClNO3. The van der Waals surface area contributed by atoms with E-state index in [-0.39, 0.29) is 0 Å². The number of carbonyl (C=O) groups is 1. The van der Waals surface area contributed by atoms with Crippen LogP contribution < -0.4 is 5.32 Å². The van der Waals surface area contributed by atoms with E-state index < -0.39 is 17.7 Å².